The molecule has 286 valence electrons. The molecule has 1 unspecified atom stereocenters. The average Bonchev–Trinajstić information content (AvgIpc) is 3.04. The fourth-order valence-corrected chi connectivity index (χ4v) is 6.39. The molecule has 1 atom stereocenters. The fourth-order valence-electron chi connectivity index (χ4n) is 6.39. The summed E-state index contributed by atoms with van der Waals surface area (Å²) in [6.45, 7) is 4.22. The van der Waals surface area contributed by atoms with Crippen molar-refractivity contribution in [3.05, 3.63) is 0 Å². The van der Waals surface area contributed by atoms with E-state index in [1.807, 2.05) is 0 Å². The summed E-state index contributed by atoms with van der Waals surface area (Å²) in [6.07, 6.45) is 35.4. The lowest BCUT2D eigenvalue weighted by atomic mass is 10.0. The van der Waals surface area contributed by atoms with Gasteiger partial charge in [-0.05, 0) is 19.3 Å². The second-order valence-electron chi connectivity index (χ2n) is 14.4. The van der Waals surface area contributed by atoms with Crippen molar-refractivity contribution >= 4 is 11.9 Å². The summed E-state index contributed by atoms with van der Waals surface area (Å²) in [4.78, 5) is 25.0. The summed E-state index contributed by atoms with van der Waals surface area (Å²) >= 11 is 0. The van der Waals surface area contributed by atoms with Gasteiger partial charge in [0.15, 0.2) is 0 Å². The molecule has 0 aromatic carbocycles. The molecule has 0 aromatic rings. The third-order valence-corrected chi connectivity index (χ3v) is 9.47. The lowest BCUT2D eigenvalue weighted by Crippen LogP contribution is -2.43. The SMILES string of the molecule is CCCCCCCCCCCCCCCCCC(=O)OC(O)(CC(O)CCO)OC(=O)CCCCCCCCCCCCCCCCC. The van der Waals surface area contributed by atoms with E-state index in [4.69, 9.17) is 14.6 Å². The average molecular weight is 685 g/mol. The van der Waals surface area contributed by atoms with Crippen molar-refractivity contribution in [3.63, 3.8) is 0 Å². The predicted octanol–water partition coefficient (Wildman–Crippen LogP) is 11.4. The maximum absolute atomic E-state index is 12.5. The van der Waals surface area contributed by atoms with Gasteiger partial charge in [0.25, 0.3) is 0 Å². The summed E-state index contributed by atoms with van der Waals surface area (Å²) < 4.78 is 10.4. The first-order chi connectivity index (χ1) is 23.4. The molecule has 0 heterocycles. The van der Waals surface area contributed by atoms with E-state index in [2.05, 4.69) is 13.8 Å². The van der Waals surface area contributed by atoms with E-state index in [0.717, 1.165) is 38.5 Å². The molecule has 0 amide bonds. The van der Waals surface area contributed by atoms with Gasteiger partial charge in [0, 0.05) is 19.4 Å². The van der Waals surface area contributed by atoms with Crippen molar-refractivity contribution in [1.82, 2.24) is 0 Å². The highest BCUT2D eigenvalue weighted by Crippen LogP contribution is 2.22. The molecule has 0 saturated heterocycles. The highest BCUT2D eigenvalue weighted by Gasteiger charge is 2.38. The van der Waals surface area contributed by atoms with E-state index in [1.165, 1.54) is 141 Å². The van der Waals surface area contributed by atoms with Crippen LogP contribution < -0.4 is 0 Å². The van der Waals surface area contributed by atoms with Crippen LogP contribution >= 0.6 is 0 Å². The van der Waals surface area contributed by atoms with Crippen molar-refractivity contribution in [1.29, 1.82) is 0 Å². The summed E-state index contributed by atoms with van der Waals surface area (Å²) in [5, 5.41) is 30.2. The molecular weight excluding hydrogens is 604 g/mol. The third-order valence-electron chi connectivity index (χ3n) is 9.47. The Balaban J connectivity index is 4.04. The van der Waals surface area contributed by atoms with Crippen molar-refractivity contribution < 1.29 is 34.4 Å². The Labute approximate surface area is 296 Å². The van der Waals surface area contributed by atoms with Crippen LogP contribution in [0.4, 0.5) is 0 Å². The minimum Gasteiger partial charge on any atom is -0.398 e. The largest absolute Gasteiger partial charge is 0.398 e. The molecular formula is C41H80O7. The summed E-state index contributed by atoms with van der Waals surface area (Å²) in [5.41, 5.74) is 0. The summed E-state index contributed by atoms with van der Waals surface area (Å²) in [5.74, 6) is -3.82. The number of carbonyl (C=O) groups is 2. The van der Waals surface area contributed by atoms with Gasteiger partial charge >= 0.3 is 17.9 Å². The zero-order valence-electron chi connectivity index (χ0n) is 31.8. The van der Waals surface area contributed by atoms with Crippen molar-refractivity contribution in [2.75, 3.05) is 6.61 Å². The highest BCUT2D eigenvalue weighted by molar-refractivity contribution is 5.71. The normalized spacial score (nSPS) is 12.4. The quantitative estimate of drug-likeness (QED) is 0.0337. The fraction of sp³-hybridized carbons (Fsp3) is 0.951. The van der Waals surface area contributed by atoms with Crippen molar-refractivity contribution in [3.8, 4) is 0 Å². The van der Waals surface area contributed by atoms with Crippen LogP contribution in [0.15, 0.2) is 0 Å². The molecule has 0 spiro atoms. The Morgan fingerprint density at radius 3 is 0.979 bits per heavy atom. The zero-order chi connectivity index (χ0) is 35.4. The van der Waals surface area contributed by atoms with Gasteiger partial charge in [0.2, 0.25) is 0 Å². The molecule has 7 heteroatoms. The Morgan fingerprint density at radius 2 is 0.729 bits per heavy atom. The number of aliphatic hydroxyl groups is 3. The second-order valence-corrected chi connectivity index (χ2v) is 14.4. The molecule has 0 saturated carbocycles. The van der Waals surface area contributed by atoms with Gasteiger partial charge in [-0.3, -0.25) is 9.59 Å². The molecule has 0 fully saturated rings. The van der Waals surface area contributed by atoms with Crippen molar-refractivity contribution in [2.45, 2.75) is 244 Å². The molecule has 0 aliphatic heterocycles. The molecule has 0 aliphatic rings. The third kappa shape index (κ3) is 33.3. The van der Waals surface area contributed by atoms with E-state index < -0.39 is 30.4 Å². The van der Waals surface area contributed by atoms with E-state index >= 15 is 0 Å². The monoisotopic (exact) mass is 685 g/mol. The minimum absolute atomic E-state index is 0.0183. The number of rotatable bonds is 38. The number of ether oxygens (including phenoxy) is 2. The Hall–Kier alpha value is -1.18. The number of hydrogen-bond donors (Lipinski definition) is 3. The maximum Gasteiger partial charge on any atom is 0.375 e. The molecule has 0 bridgehead atoms. The zero-order valence-corrected chi connectivity index (χ0v) is 31.8. The van der Waals surface area contributed by atoms with Gasteiger partial charge < -0.3 is 24.8 Å². The first-order valence-electron chi connectivity index (χ1n) is 20.8. The molecule has 7 nitrogen and oxygen atoms in total. The van der Waals surface area contributed by atoms with Gasteiger partial charge in [0.1, 0.15) is 0 Å². The number of carbonyl (C=O) groups excluding carboxylic acids is 2. The molecule has 0 aliphatic carbocycles. The van der Waals surface area contributed by atoms with Crippen LogP contribution in [0.3, 0.4) is 0 Å². The van der Waals surface area contributed by atoms with Crippen LogP contribution in [-0.2, 0) is 19.1 Å². The lowest BCUT2D eigenvalue weighted by molar-refractivity contribution is -0.334. The molecule has 0 radical (unpaired) electrons. The van der Waals surface area contributed by atoms with Gasteiger partial charge in [-0.25, -0.2) is 0 Å². The standard InChI is InChI=1S/C41H80O7/c1-3-5-7-9-11-13-15-17-19-21-23-25-27-29-31-33-39(44)47-41(46,37-38(43)35-36-42)48-40(45)34-32-30-28-26-24-22-20-18-16-14-12-10-8-6-4-2/h38,42-43,46H,3-37H2,1-2H3. The Morgan fingerprint density at radius 1 is 0.479 bits per heavy atom. The van der Waals surface area contributed by atoms with Crippen LogP contribution in [0, 0.1) is 0 Å². The van der Waals surface area contributed by atoms with E-state index in [-0.39, 0.29) is 25.9 Å². The Kier molecular flexibility index (Phi) is 34.8. The molecule has 3 N–H and O–H groups in total. The number of unbranched alkanes of at least 4 members (excludes halogenated alkanes) is 28. The van der Waals surface area contributed by atoms with Crippen molar-refractivity contribution in [2.24, 2.45) is 0 Å². The summed E-state index contributed by atoms with van der Waals surface area (Å²) in [7, 11) is 0. The van der Waals surface area contributed by atoms with Crippen LogP contribution in [0.5, 0.6) is 0 Å². The molecule has 48 heavy (non-hydrogen) atoms. The number of aliphatic hydroxyl groups excluding tert-OH is 2. The minimum atomic E-state index is -2.52. The van der Waals surface area contributed by atoms with E-state index in [0.29, 0.717) is 12.8 Å². The number of esters is 2. The molecule has 0 aromatic heterocycles. The van der Waals surface area contributed by atoms with Crippen LogP contribution in [-0.4, -0.2) is 45.9 Å². The Bertz CT molecular complexity index is 650. The van der Waals surface area contributed by atoms with Crippen LogP contribution in [0.25, 0.3) is 0 Å². The summed E-state index contributed by atoms with van der Waals surface area (Å²) in [6, 6.07) is 0. The first-order valence-corrected chi connectivity index (χ1v) is 20.8. The first kappa shape index (κ1) is 46.8. The molecule has 0 rings (SSSR count). The van der Waals surface area contributed by atoms with E-state index in [9.17, 15) is 19.8 Å². The predicted molar refractivity (Wildman–Crippen MR) is 199 cm³/mol. The van der Waals surface area contributed by atoms with E-state index in [1.54, 1.807) is 0 Å². The maximum atomic E-state index is 12.5. The number of hydrogen-bond acceptors (Lipinski definition) is 7. The van der Waals surface area contributed by atoms with Gasteiger partial charge in [0.05, 0.1) is 12.5 Å². The lowest BCUT2D eigenvalue weighted by Gasteiger charge is -2.28. The van der Waals surface area contributed by atoms with Crippen LogP contribution in [0.2, 0.25) is 0 Å². The topological polar surface area (TPSA) is 113 Å². The van der Waals surface area contributed by atoms with Gasteiger partial charge in [-0.1, -0.05) is 194 Å². The second kappa shape index (κ2) is 35.6. The highest BCUT2D eigenvalue weighted by atomic mass is 16.8. The smallest absolute Gasteiger partial charge is 0.375 e. The van der Waals surface area contributed by atoms with Gasteiger partial charge in [-0.2, -0.15) is 0 Å². The van der Waals surface area contributed by atoms with Crippen LogP contribution in [0.1, 0.15) is 232 Å². The van der Waals surface area contributed by atoms with Gasteiger partial charge in [-0.15, -0.1) is 0 Å².